The maximum Gasteiger partial charge on any atom is 0.308 e. The van der Waals surface area contributed by atoms with Crippen molar-refractivity contribution in [1.29, 1.82) is 0 Å². The van der Waals surface area contributed by atoms with Gasteiger partial charge in [0.15, 0.2) is 0 Å². The molecule has 2 fully saturated rings. The van der Waals surface area contributed by atoms with Gasteiger partial charge in [-0.2, -0.15) is 0 Å². The monoisotopic (exact) mass is 295 g/mol. The molecule has 0 saturated heterocycles. The Morgan fingerprint density at radius 1 is 1.15 bits per heavy atom. The topological polar surface area (TPSA) is 83.5 Å². The van der Waals surface area contributed by atoms with Crippen LogP contribution in [0.15, 0.2) is 35.2 Å². The van der Waals surface area contributed by atoms with Crippen molar-refractivity contribution < 1.29 is 18.3 Å². The van der Waals surface area contributed by atoms with Crippen LogP contribution in [0.4, 0.5) is 0 Å². The average molecular weight is 295 g/mol. The van der Waals surface area contributed by atoms with Gasteiger partial charge in [-0.1, -0.05) is 18.2 Å². The van der Waals surface area contributed by atoms with E-state index in [1.165, 1.54) is 12.1 Å². The molecule has 2 bridgehead atoms. The second-order valence-electron chi connectivity index (χ2n) is 5.66. The van der Waals surface area contributed by atoms with Crippen LogP contribution < -0.4 is 4.72 Å². The molecular formula is C14H17NO4S. The van der Waals surface area contributed by atoms with E-state index in [4.69, 9.17) is 0 Å². The highest BCUT2D eigenvalue weighted by atomic mass is 32.2. The van der Waals surface area contributed by atoms with Crippen LogP contribution in [0.5, 0.6) is 0 Å². The van der Waals surface area contributed by atoms with Crippen molar-refractivity contribution in [3.63, 3.8) is 0 Å². The number of hydrogen-bond acceptors (Lipinski definition) is 3. The van der Waals surface area contributed by atoms with Gasteiger partial charge in [-0.25, -0.2) is 13.1 Å². The Balaban J connectivity index is 1.85. The molecule has 0 aliphatic heterocycles. The van der Waals surface area contributed by atoms with E-state index in [0.29, 0.717) is 0 Å². The minimum atomic E-state index is -3.65. The van der Waals surface area contributed by atoms with Gasteiger partial charge in [0.25, 0.3) is 0 Å². The highest BCUT2D eigenvalue weighted by Crippen LogP contribution is 2.48. The van der Waals surface area contributed by atoms with Crippen LogP contribution in [-0.2, 0) is 14.8 Å². The van der Waals surface area contributed by atoms with Gasteiger partial charge in [-0.05, 0) is 43.2 Å². The molecule has 0 aromatic heterocycles. The van der Waals surface area contributed by atoms with Crippen LogP contribution in [0.2, 0.25) is 0 Å². The molecule has 2 saturated carbocycles. The Morgan fingerprint density at radius 3 is 2.45 bits per heavy atom. The van der Waals surface area contributed by atoms with E-state index in [2.05, 4.69) is 4.72 Å². The van der Waals surface area contributed by atoms with Crippen molar-refractivity contribution in [1.82, 2.24) is 4.72 Å². The lowest BCUT2D eigenvalue weighted by molar-refractivity contribution is -0.144. The van der Waals surface area contributed by atoms with E-state index in [0.717, 1.165) is 19.3 Å². The summed E-state index contributed by atoms with van der Waals surface area (Å²) in [4.78, 5) is 11.6. The molecule has 1 aromatic rings. The number of carbonyl (C=O) groups is 1. The van der Waals surface area contributed by atoms with E-state index in [1.54, 1.807) is 18.2 Å². The lowest BCUT2D eigenvalue weighted by atomic mass is 9.85. The molecule has 0 unspecified atom stereocenters. The zero-order valence-electron chi connectivity index (χ0n) is 10.9. The smallest absolute Gasteiger partial charge is 0.308 e. The molecule has 6 heteroatoms. The first-order chi connectivity index (χ1) is 9.49. The molecule has 0 spiro atoms. The Kier molecular flexibility index (Phi) is 3.30. The van der Waals surface area contributed by atoms with E-state index >= 15 is 0 Å². The quantitative estimate of drug-likeness (QED) is 0.881. The third kappa shape index (κ3) is 2.23. The summed E-state index contributed by atoms with van der Waals surface area (Å²) in [7, 11) is -3.65. The van der Waals surface area contributed by atoms with Gasteiger partial charge >= 0.3 is 5.97 Å². The largest absolute Gasteiger partial charge is 0.481 e. The second kappa shape index (κ2) is 4.86. The molecule has 0 amide bonds. The van der Waals surface area contributed by atoms with Crippen molar-refractivity contribution in [3.8, 4) is 0 Å². The fourth-order valence-electron chi connectivity index (χ4n) is 3.66. The van der Waals surface area contributed by atoms with Crippen LogP contribution in [-0.4, -0.2) is 25.5 Å². The van der Waals surface area contributed by atoms with Crippen LogP contribution in [0.25, 0.3) is 0 Å². The molecule has 1 aromatic carbocycles. The molecule has 108 valence electrons. The summed E-state index contributed by atoms with van der Waals surface area (Å²) < 4.78 is 27.3. The maximum atomic E-state index is 12.3. The molecule has 2 aliphatic carbocycles. The van der Waals surface area contributed by atoms with Gasteiger partial charge in [-0.15, -0.1) is 0 Å². The van der Waals surface area contributed by atoms with Gasteiger partial charge in [0.1, 0.15) is 0 Å². The first kappa shape index (κ1) is 13.6. The van der Waals surface area contributed by atoms with Crippen molar-refractivity contribution in [3.05, 3.63) is 30.3 Å². The Bertz CT molecular complexity index is 613. The average Bonchev–Trinajstić information content (AvgIpc) is 3.00. The third-order valence-electron chi connectivity index (χ3n) is 4.55. The standard InChI is InChI=1S/C14H17NO4S/c16-14(17)12-9-6-7-10(8-9)13(12)15-20(18,19)11-4-2-1-3-5-11/h1-5,9-10,12-13,15H,6-8H2,(H,16,17)/t9-,10+,12+,13+/m1/s1. The molecule has 2 aliphatic rings. The SMILES string of the molecule is O=C(O)[C@H]1[C@@H]2CC[C@@H](C2)[C@@H]1NS(=O)(=O)c1ccccc1. The van der Waals surface area contributed by atoms with Crippen molar-refractivity contribution in [2.45, 2.75) is 30.2 Å². The fourth-order valence-corrected chi connectivity index (χ4v) is 5.01. The zero-order valence-corrected chi connectivity index (χ0v) is 11.7. The minimum absolute atomic E-state index is 0.112. The minimum Gasteiger partial charge on any atom is -0.481 e. The van der Waals surface area contributed by atoms with Crippen LogP contribution in [0.3, 0.4) is 0 Å². The highest BCUT2D eigenvalue weighted by molar-refractivity contribution is 7.89. The summed E-state index contributed by atoms with van der Waals surface area (Å²) in [6.45, 7) is 0. The predicted molar refractivity (Wildman–Crippen MR) is 72.5 cm³/mol. The predicted octanol–water partition coefficient (Wildman–Crippen LogP) is 1.46. The summed E-state index contributed by atoms with van der Waals surface area (Å²) in [5.41, 5.74) is 0. The summed E-state index contributed by atoms with van der Waals surface area (Å²) in [6.07, 6.45) is 2.63. The van der Waals surface area contributed by atoms with Crippen molar-refractivity contribution in [2.24, 2.45) is 17.8 Å². The molecule has 0 heterocycles. The summed E-state index contributed by atoms with van der Waals surface area (Å²) >= 11 is 0. The molecule has 0 radical (unpaired) electrons. The van der Waals surface area contributed by atoms with Gasteiger partial charge in [0.2, 0.25) is 10.0 Å². The lowest BCUT2D eigenvalue weighted by Crippen LogP contribution is -2.46. The van der Waals surface area contributed by atoms with Gasteiger partial charge in [0, 0.05) is 6.04 Å². The molecule has 2 N–H and O–H groups in total. The molecule has 5 nitrogen and oxygen atoms in total. The Labute approximate surface area is 118 Å². The summed E-state index contributed by atoms with van der Waals surface area (Å²) in [5.74, 6) is -1.22. The van der Waals surface area contributed by atoms with Gasteiger partial charge in [0.05, 0.1) is 10.8 Å². The van der Waals surface area contributed by atoms with Crippen LogP contribution >= 0.6 is 0 Å². The fraction of sp³-hybridized carbons (Fsp3) is 0.500. The summed E-state index contributed by atoms with van der Waals surface area (Å²) in [6, 6.07) is 7.62. The molecule has 4 atom stereocenters. The number of fused-ring (bicyclic) bond motifs is 2. The highest BCUT2D eigenvalue weighted by Gasteiger charge is 2.52. The van der Waals surface area contributed by atoms with Gasteiger partial charge in [-0.3, -0.25) is 4.79 Å². The maximum absolute atomic E-state index is 12.3. The number of carboxylic acids is 1. The Morgan fingerprint density at radius 2 is 1.80 bits per heavy atom. The van der Waals surface area contributed by atoms with Crippen LogP contribution in [0, 0.1) is 17.8 Å². The van der Waals surface area contributed by atoms with Crippen molar-refractivity contribution >= 4 is 16.0 Å². The number of carboxylic acid groups (broad SMARTS) is 1. The zero-order chi connectivity index (χ0) is 14.3. The molecule has 20 heavy (non-hydrogen) atoms. The van der Waals surface area contributed by atoms with E-state index in [1.807, 2.05) is 0 Å². The van der Waals surface area contributed by atoms with Crippen LogP contribution in [0.1, 0.15) is 19.3 Å². The normalized spacial score (nSPS) is 32.4. The van der Waals surface area contributed by atoms with E-state index in [-0.39, 0.29) is 16.7 Å². The first-order valence-corrected chi connectivity index (χ1v) is 8.27. The third-order valence-corrected chi connectivity index (χ3v) is 6.02. The lowest BCUT2D eigenvalue weighted by Gasteiger charge is -2.28. The number of nitrogens with one attached hydrogen (secondary N) is 1. The first-order valence-electron chi connectivity index (χ1n) is 6.79. The molecule has 3 rings (SSSR count). The second-order valence-corrected chi connectivity index (χ2v) is 7.37. The number of sulfonamides is 1. The van der Waals surface area contributed by atoms with Gasteiger partial charge < -0.3 is 5.11 Å². The molecular weight excluding hydrogens is 278 g/mol. The Hall–Kier alpha value is -1.40. The number of rotatable bonds is 4. The van der Waals surface area contributed by atoms with E-state index < -0.39 is 28.0 Å². The number of aliphatic carboxylic acids is 1. The number of hydrogen-bond donors (Lipinski definition) is 2. The van der Waals surface area contributed by atoms with Crippen molar-refractivity contribution in [2.75, 3.05) is 0 Å². The number of benzene rings is 1. The summed E-state index contributed by atoms with van der Waals surface area (Å²) in [5, 5.41) is 9.34. The van der Waals surface area contributed by atoms with E-state index in [9.17, 15) is 18.3 Å².